The third kappa shape index (κ3) is 6.41. The number of nitrogens with one attached hydrogen (secondary N) is 3. The molecule has 0 aliphatic carbocycles. The van der Waals surface area contributed by atoms with E-state index in [-0.39, 0.29) is 18.1 Å². The van der Waals surface area contributed by atoms with Gasteiger partial charge >= 0.3 is 0 Å². The number of pyridine rings is 1. The van der Waals surface area contributed by atoms with Crippen molar-refractivity contribution in [1.82, 2.24) is 15.3 Å². The SMILES string of the molecule is COc1ccccc1.N=C(CC(NC(=O)c1c[nH]c2ccccc12)c1ccccc1O)c1cccnc1. The second-order valence-electron chi connectivity index (χ2n) is 8.27. The Kier molecular flexibility index (Phi) is 8.29. The monoisotopic (exact) mass is 492 g/mol. The Hall–Kier alpha value is -4.91. The number of methoxy groups -OCH3 is 1. The Morgan fingerprint density at radius 2 is 1.73 bits per heavy atom. The van der Waals surface area contributed by atoms with Crippen LogP contribution >= 0.6 is 0 Å². The first-order valence-electron chi connectivity index (χ1n) is 11.8. The number of nitrogens with zero attached hydrogens (tertiary/aromatic N) is 1. The predicted octanol–water partition coefficient (Wildman–Crippen LogP) is 5.89. The van der Waals surface area contributed by atoms with Crippen LogP contribution in [0.2, 0.25) is 0 Å². The Bertz CT molecular complexity index is 1470. The number of ether oxygens (including phenoxy) is 1. The zero-order valence-electron chi connectivity index (χ0n) is 20.4. The van der Waals surface area contributed by atoms with E-state index in [1.54, 1.807) is 62.1 Å². The standard InChI is InChI=1S/C23H20N4O2.C7H8O/c24-19(15-6-5-11-25-13-15)12-21(17-8-2-4-10-22(17)28)27-23(29)18-14-26-20-9-3-1-7-16(18)20;1-8-7-5-3-2-4-6-7/h1-11,13-14,21,24,26,28H,12H2,(H,27,29);2-6H,1H3. The summed E-state index contributed by atoms with van der Waals surface area (Å²) >= 11 is 0. The molecule has 1 unspecified atom stereocenters. The summed E-state index contributed by atoms with van der Waals surface area (Å²) < 4.78 is 4.91. The summed E-state index contributed by atoms with van der Waals surface area (Å²) in [6, 6.07) is 27.1. The van der Waals surface area contributed by atoms with Gasteiger partial charge in [-0.1, -0.05) is 60.7 Å². The highest BCUT2D eigenvalue weighted by molar-refractivity contribution is 6.07. The molecule has 0 saturated carbocycles. The molecule has 1 atom stereocenters. The lowest BCUT2D eigenvalue weighted by Gasteiger charge is -2.20. The van der Waals surface area contributed by atoms with Gasteiger partial charge in [-0.15, -0.1) is 0 Å². The number of aromatic amines is 1. The second kappa shape index (κ2) is 12.2. The molecule has 0 saturated heterocycles. The molecule has 0 aliphatic heterocycles. The molecule has 0 fully saturated rings. The van der Waals surface area contributed by atoms with Crippen LogP contribution in [0.3, 0.4) is 0 Å². The van der Waals surface area contributed by atoms with Gasteiger partial charge in [0.1, 0.15) is 11.5 Å². The van der Waals surface area contributed by atoms with E-state index in [0.717, 1.165) is 16.7 Å². The molecule has 4 N–H and O–H groups in total. The van der Waals surface area contributed by atoms with E-state index < -0.39 is 6.04 Å². The van der Waals surface area contributed by atoms with Crippen molar-refractivity contribution in [3.8, 4) is 11.5 Å². The van der Waals surface area contributed by atoms with Crippen molar-refractivity contribution >= 4 is 22.5 Å². The van der Waals surface area contributed by atoms with Crippen LogP contribution in [0.25, 0.3) is 10.9 Å². The smallest absolute Gasteiger partial charge is 0.253 e. The molecule has 0 spiro atoms. The normalized spacial score (nSPS) is 11.2. The number of H-pyrrole nitrogens is 1. The molecular weight excluding hydrogens is 464 g/mol. The zero-order chi connectivity index (χ0) is 26.0. The summed E-state index contributed by atoms with van der Waals surface area (Å²) in [5, 5.41) is 22.6. The predicted molar refractivity (Wildman–Crippen MR) is 145 cm³/mol. The van der Waals surface area contributed by atoms with Crippen molar-refractivity contribution in [2.75, 3.05) is 7.11 Å². The molecule has 0 radical (unpaired) electrons. The van der Waals surface area contributed by atoms with Gasteiger partial charge in [0.25, 0.3) is 5.91 Å². The lowest BCUT2D eigenvalue weighted by Crippen LogP contribution is -2.30. The molecule has 0 bridgehead atoms. The molecule has 7 heteroatoms. The third-order valence-electron chi connectivity index (χ3n) is 5.85. The molecule has 0 aliphatic rings. The summed E-state index contributed by atoms with van der Waals surface area (Å²) in [7, 11) is 1.66. The Morgan fingerprint density at radius 1 is 1.00 bits per heavy atom. The van der Waals surface area contributed by atoms with Gasteiger partial charge in [0, 0.05) is 52.8 Å². The van der Waals surface area contributed by atoms with Crippen molar-refractivity contribution in [3.05, 3.63) is 126 Å². The molecule has 7 nitrogen and oxygen atoms in total. The quantitative estimate of drug-likeness (QED) is 0.212. The number of carbonyl (C=O) groups excluding carboxylic acids is 1. The number of hydrogen-bond acceptors (Lipinski definition) is 5. The Morgan fingerprint density at radius 3 is 2.43 bits per heavy atom. The van der Waals surface area contributed by atoms with E-state index in [1.165, 1.54) is 0 Å². The first-order valence-corrected chi connectivity index (χ1v) is 11.8. The number of fused-ring (bicyclic) bond motifs is 1. The first-order chi connectivity index (χ1) is 18.1. The summed E-state index contributed by atoms with van der Waals surface area (Å²) in [5.41, 5.74) is 2.96. The number of amides is 1. The van der Waals surface area contributed by atoms with Crippen LogP contribution in [0.15, 0.2) is 110 Å². The minimum absolute atomic E-state index is 0.0794. The maximum atomic E-state index is 13.0. The average molecular weight is 493 g/mol. The highest BCUT2D eigenvalue weighted by Crippen LogP contribution is 2.28. The summed E-state index contributed by atoms with van der Waals surface area (Å²) in [5.74, 6) is 0.720. The summed E-state index contributed by atoms with van der Waals surface area (Å²) in [4.78, 5) is 20.2. The van der Waals surface area contributed by atoms with Crippen molar-refractivity contribution in [2.24, 2.45) is 0 Å². The van der Waals surface area contributed by atoms with Crippen molar-refractivity contribution in [3.63, 3.8) is 0 Å². The molecule has 5 aromatic rings. The van der Waals surface area contributed by atoms with Gasteiger partial charge < -0.3 is 25.6 Å². The third-order valence-corrected chi connectivity index (χ3v) is 5.85. The van der Waals surface area contributed by atoms with Gasteiger partial charge in [-0.3, -0.25) is 9.78 Å². The number of para-hydroxylation sites is 3. The van der Waals surface area contributed by atoms with Crippen LogP contribution in [0.4, 0.5) is 0 Å². The number of hydrogen-bond donors (Lipinski definition) is 4. The summed E-state index contributed by atoms with van der Waals surface area (Å²) in [6.07, 6.45) is 5.16. The number of phenolic OH excluding ortho intramolecular Hbond substituents is 1. The molecule has 2 heterocycles. The van der Waals surface area contributed by atoms with Crippen molar-refractivity contribution in [1.29, 1.82) is 5.41 Å². The first kappa shape index (κ1) is 25.2. The molecular formula is C30H28N4O3. The molecule has 37 heavy (non-hydrogen) atoms. The van der Waals surface area contributed by atoms with Gasteiger partial charge in [-0.2, -0.15) is 0 Å². The van der Waals surface area contributed by atoms with Gasteiger partial charge in [-0.25, -0.2) is 0 Å². The molecule has 3 aromatic carbocycles. The number of carbonyl (C=O) groups is 1. The maximum absolute atomic E-state index is 13.0. The van der Waals surface area contributed by atoms with Gasteiger partial charge in [-0.05, 0) is 30.3 Å². The number of phenols is 1. The summed E-state index contributed by atoms with van der Waals surface area (Å²) in [6.45, 7) is 0. The van der Waals surface area contributed by atoms with Gasteiger partial charge in [0.15, 0.2) is 0 Å². The van der Waals surface area contributed by atoms with Crippen LogP contribution < -0.4 is 10.1 Å². The van der Waals surface area contributed by atoms with E-state index in [9.17, 15) is 9.90 Å². The largest absolute Gasteiger partial charge is 0.508 e. The lowest BCUT2D eigenvalue weighted by molar-refractivity contribution is 0.0939. The van der Waals surface area contributed by atoms with E-state index in [0.29, 0.717) is 22.4 Å². The minimum atomic E-state index is -0.565. The Balaban J connectivity index is 0.000000342. The van der Waals surface area contributed by atoms with Crippen LogP contribution in [0, 0.1) is 5.41 Å². The van der Waals surface area contributed by atoms with Gasteiger partial charge in [0.2, 0.25) is 0 Å². The highest BCUT2D eigenvalue weighted by Gasteiger charge is 2.22. The maximum Gasteiger partial charge on any atom is 0.253 e. The van der Waals surface area contributed by atoms with E-state index in [1.807, 2.05) is 54.6 Å². The topological polar surface area (TPSA) is 111 Å². The molecule has 186 valence electrons. The van der Waals surface area contributed by atoms with E-state index >= 15 is 0 Å². The number of aromatic hydroxyl groups is 1. The van der Waals surface area contributed by atoms with Crippen LogP contribution in [0.1, 0.15) is 33.9 Å². The fourth-order valence-electron chi connectivity index (χ4n) is 3.94. The van der Waals surface area contributed by atoms with Crippen LogP contribution in [0.5, 0.6) is 11.5 Å². The molecule has 2 aromatic heterocycles. The fourth-order valence-corrected chi connectivity index (χ4v) is 3.94. The average Bonchev–Trinajstić information content (AvgIpc) is 3.39. The number of rotatable bonds is 7. The minimum Gasteiger partial charge on any atom is -0.508 e. The van der Waals surface area contributed by atoms with Crippen LogP contribution in [-0.4, -0.2) is 33.8 Å². The van der Waals surface area contributed by atoms with Crippen LogP contribution in [-0.2, 0) is 0 Å². The number of benzene rings is 3. The van der Waals surface area contributed by atoms with E-state index in [4.69, 9.17) is 10.1 Å². The number of aromatic nitrogens is 2. The van der Waals surface area contributed by atoms with Crippen molar-refractivity contribution < 1.29 is 14.6 Å². The second-order valence-corrected chi connectivity index (χ2v) is 8.27. The van der Waals surface area contributed by atoms with E-state index in [2.05, 4.69) is 15.3 Å². The molecule has 1 amide bonds. The fraction of sp³-hybridized carbons (Fsp3) is 0.100. The highest BCUT2D eigenvalue weighted by atomic mass is 16.5. The van der Waals surface area contributed by atoms with Gasteiger partial charge in [0.05, 0.1) is 18.7 Å². The van der Waals surface area contributed by atoms with Crippen molar-refractivity contribution in [2.45, 2.75) is 12.5 Å². The zero-order valence-corrected chi connectivity index (χ0v) is 20.4. The Labute approximate surface area is 215 Å². The molecule has 5 rings (SSSR count). The lowest BCUT2D eigenvalue weighted by atomic mass is 9.97.